The number of carboxylic acids is 1. The van der Waals surface area contributed by atoms with Crippen LogP contribution in [0.4, 0.5) is 4.79 Å². The van der Waals surface area contributed by atoms with Gasteiger partial charge < -0.3 is 21.1 Å². The van der Waals surface area contributed by atoms with Crippen LogP contribution in [0.2, 0.25) is 10.0 Å². The van der Waals surface area contributed by atoms with Gasteiger partial charge in [0.05, 0.1) is 22.2 Å². The van der Waals surface area contributed by atoms with Gasteiger partial charge in [-0.3, -0.25) is 4.79 Å². The molecule has 3 aliphatic carbocycles. The molecule has 1 aromatic carbocycles. The molecule has 3 amide bonds. The number of carbonyl (C=O) groups excluding carboxylic acids is 2. The number of carboxylic acid groups (broad SMARTS) is 1. The first-order valence-corrected chi connectivity index (χ1v) is 10.6. The fourth-order valence-corrected chi connectivity index (χ4v) is 4.96. The lowest BCUT2D eigenvalue weighted by atomic mass is 9.65. The van der Waals surface area contributed by atoms with Crippen molar-refractivity contribution in [3.8, 4) is 0 Å². The lowest BCUT2D eigenvalue weighted by Crippen LogP contribution is -2.51. The number of amides is 3. The summed E-state index contributed by atoms with van der Waals surface area (Å²) >= 11 is 12.0. The van der Waals surface area contributed by atoms with Gasteiger partial charge in [-0.1, -0.05) is 42.1 Å². The zero-order valence-corrected chi connectivity index (χ0v) is 17.4. The smallest absolute Gasteiger partial charge is 0.328 e. The maximum Gasteiger partial charge on any atom is 0.328 e. The standard InChI is InChI=1S/C20H25Cl2N3O4/c21-14-2-1-3-15(22)17(14)18(26)25-16(19(27)28)10-24-20(29)23-9-13-8-11-4-6-12(13)7-5-11/h1-3,11-13,16H,4-10H2,(H,25,26)(H,27,28)(H2,23,24,29)/t11?,12?,13?,16-/m0/s1. The first kappa shape index (κ1) is 21.7. The molecule has 29 heavy (non-hydrogen) atoms. The van der Waals surface area contributed by atoms with Crippen molar-refractivity contribution < 1.29 is 19.5 Å². The van der Waals surface area contributed by atoms with Gasteiger partial charge in [-0.15, -0.1) is 0 Å². The minimum absolute atomic E-state index is 0.00103. The number of aliphatic carboxylic acids is 1. The van der Waals surface area contributed by atoms with Crippen LogP contribution in [0.3, 0.4) is 0 Å². The SMILES string of the molecule is O=C(NCC1CC2CCC1CC2)NC[C@H](NC(=O)c1c(Cl)cccc1Cl)C(=O)O. The molecule has 0 aliphatic heterocycles. The van der Waals surface area contributed by atoms with Crippen molar-refractivity contribution in [2.24, 2.45) is 17.8 Å². The van der Waals surface area contributed by atoms with Crippen LogP contribution in [0.25, 0.3) is 0 Å². The number of fused-ring (bicyclic) bond motifs is 3. The Morgan fingerprint density at radius 2 is 1.72 bits per heavy atom. The van der Waals surface area contributed by atoms with Crippen molar-refractivity contribution in [3.63, 3.8) is 0 Å². The Balaban J connectivity index is 1.48. The first-order valence-electron chi connectivity index (χ1n) is 9.84. The molecule has 3 fully saturated rings. The summed E-state index contributed by atoms with van der Waals surface area (Å²) in [5.41, 5.74) is -0.00103. The number of nitrogens with one attached hydrogen (secondary N) is 3. The predicted octanol–water partition coefficient (Wildman–Crippen LogP) is 3.30. The number of hydrogen-bond acceptors (Lipinski definition) is 3. The second-order valence-electron chi connectivity index (χ2n) is 7.83. The number of halogens is 2. The largest absolute Gasteiger partial charge is 0.480 e. The summed E-state index contributed by atoms with van der Waals surface area (Å²) in [5, 5.41) is 17.3. The molecule has 3 saturated carbocycles. The van der Waals surface area contributed by atoms with E-state index in [1.165, 1.54) is 37.8 Å². The Morgan fingerprint density at radius 1 is 1.07 bits per heavy atom. The van der Waals surface area contributed by atoms with E-state index in [0.29, 0.717) is 18.4 Å². The summed E-state index contributed by atoms with van der Waals surface area (Å²) in [6.07, 6.45) is 6.20. The van der Waals surface area contributed by atoms with Gasteiger partial charge in [0.25, 0.3) is 5.91 Å². The van der Waals surface area contributed by atoms with Crippen molar-refractivity contribution in [2.45, 2.75) is 38.1 Å². The highest BCUT2D eigenvalue weighted by Gasteiger charge is 2.35. The summed E-state index contributed by atoms with van der Waals surface area (Å²) in [7, 11) is 0. The molecule has 0 aromatic heterocycles. The molecule has 2 atom stereocenters. The number of benzene rings is 1. The van der Waals surface area contributed by atoms with Crippen LogP contribution in [-0.4, -0.2) is 42.1 Å². The Bertz CT molecular complexity index is 761. The highest BCUT2D eigenvalue weighted by molar-refractivity contribution is 6.39. The van der Waals surface area contributed by atoms with Crippen LogP contribution >= 0.6 is 23.2 Å². The van der Waals surface area contributed by atoms with Crippen LogP contribution in [0.5, 0.6) is 0 Å². The molecule has 9 heteroatoms. The van der Waals surface area contributed by atoms with Gasteiger partial charge in [-0.25, -0.2) is 9.59 Å². The van der Waals surface area contributed by atoms with E-state index >= 15 is 0 Å². The maximum absolute atomic E-state index is 12.4. The fraction of sp³-hybridized carbons (Fsp3) is 0.550. The van der Waals surface area contributed by atoms with E-state index < -0.39 is 23.9 Å². The van der Waals surface area contributed by atoms with E-state index in [0.717, 1.165) is 12.3 Å². The third kappa shape index (κ3) is 5.54. The average molecular weight is 442 g/mol. The van der Waals surface area contributed by atoms with Crippen molar-refractivity contribution in [3.05, 3.63) is 33.8 Å². The predicted molar refractivity (Wildman–Crippen MR) is 110 cm³/mol. The second kappa shape index (κ2) is 9.67. The Hall–Kier alpha value is -1.99. The summed E-state index contributed by atoms with van der Waals surface area (Å²) in [4.78, 5) is 36.0. The second-order valence-corrected chi connectivity index (χ2v) is 8.64. The van der Waals surface area contributed by atoms with E-state index in [1.54, 1.807) is 6.07 Å². The molecule has 158 valence electrons. The van der Waals surface area contributed by atoms with Crippen LogP contribution in [0.15, 0.2) is 18.2 Å². The molecule has 4 N–H and O–H groups in total. The molecule has 0 saturated heterocycles. The minimum atomic E-state index is -1.31. The molecule has 0 heterocycles. The molecule has 4 rings (SSSR count). The first-order chi connectivity index (χ1) is 13.8. The van der Waals surface area contributed by atoms with E-state index in [1.807, 2.05) is 0 Å². The van der Waals surface area contributed by atoms with Gasteiger partial charge in [0, 0.05) is 6.54 Å². The molecule has 0 spiro atoms. The summed E-state index contributed by atoms with van der Waals surface area (Å²) in [6.45, 7) is 0.331. The minimum Gasteiger partial charge on any atom is -0.480 e. The highest BCUT2D eigenvalue weighted by Crippen LogP contribution is 2.44. The van der Waals surface area contributed by atoms with Gasteiger partial charge in [0.2, 0.25) is 0 Å². The zero-order chi connectivity index (χ0) is 21.0. The van der Waals surface area contributed by atoms with Crippen LogP contribution in [0.1, 0.15) is 42.5 Å². The van der Waals surface area contributed by atoms with Crippen molar-refractivity contribution in [1.29, 1.82) is 0 Å². The number of rotatable bonds is 7. The molecular weight excluding hydrogens is 417 g/mol. The highest BCUT2D eigenvalue weighted by atomic mass is 35.5. The monoisotopic (exact) mass is 441 g/mol. The summed E-state index contributed by atoms with van der Waals surface area (Å²) < 4.78 is 0. The van der Waals surface area contributed by atoms with Crippen molar-refractivity contribution in [2.75, 3.05) is 13.1 Å². The van der Waals surface area contributed by atoms with Crippen LogP contribution in [-0.2, 0) is 4.79 Å². The van der Waals surface area contributed by atoms with Crippen molar-refractivity contribution in [1.82, 2.24) is 16.0 Å². The number of urea groups is 1. The average Bonchev–Trinajstić information content (AvgIpc) is 2.70. The van der Waals surface area contributed by atoms with E-state index in [9.17, 15) is 19.5 Å². The summed E-state index contributed by atoms with van der Waals surface area (Å²) in [6, 6.07) is 2.80. The lowest BCUT2D eigenvalue weighted by Gasteiger charge is -2.42. The third-order valence-electron chi connectivity index (χ3n) is 5.98. The normalized spacial score (nSPS) is 23.9. The molecule has 7 nitrogen and oxygen atoms in total. The quantitative estimate of drug-likeness (QED) is 0.520. The van der Waals surface area contributed by atoms with Crippen molar-refractivity contribution >= 4 is 41.1 Å². The fourth-order valence-electron chi connectivity index (χ4n) is 4.39. The summed E-state index contributed by atoms with van der Waals surface area (Å²) in [5.74, 6) is -0.0460. The van der Waals surface area contributed by atoms with Gasteiger partial charge in [0.1, 0.15) is 6.04 Å². The Kier molecular flexibility index (Phi) is 7.24. The Labute approximate surface area is 179 Å². The van der Waals surface area contributed by atoms with E-state index in [2.05, 4.69) is 16.0 Å². The molecule has 2 bridgehead atoms. The van der Waals surface area contributed by atoms with E-state index in [-0.39, 0.29) is 22.2 Å². The number of hydrogen-bond donors (Lipinski definition) is 4. The molecule has 1 unspecified atom stereocenters. The zero-order valence-electron chi connectivity index (χ0n) is 15.9. The number of carbonyl (C=O) groups is 3. The van der Waals surface area contributed by atoms with Gasteiger partial charge in [0.15, 0.2) is 0 Å². The van der Waals surface area contributed by atoms with Gasteiger partial charge in [-0.2, -0.15) is 0 Å². The van der Waals surface area contributed by atoms with Gasteiger partial charge >= 0.3 is 12.0 Å². The van der Waals surface area contributed by atoms with E-state index in [4.69, 9.17) is 23.2 Å². The molecular formula is C20H25Cl2N3O4. The van der Waals surface area contributed by atoms with Gasteiger partial charge in [-0.05, 0) is 49.1 Å². The third-order valence-corrected chi connectivity index (χ3v) is 6.61. The molecule has 0 radical (unpaired) electrons. The van der Waals surface area contributed by atoms with Crippen LogP contribution in [0, 0.1) is 17.8 Å². The molecule has 3 aliphatic rings. The topological polar surface area (TPSA) is 108 Å². The molecule has 1 aromatic rings. The van der Waals surface area contributed by atoms with Crippen LogP contribution < -0.4 is 16.0 Å². The maximum atomic E-state index is 12.4. The Morgan fingerprint density at radius 3 is 2.28 bits per heavy atom. The lowest BCUT2D eigenvalue weighted by molar-refractivity contribution is -0.139.